The zero-order valence-electron chi connectivity index (χ0n) is 27.5. The van der Waals surface area contributed by atoms with E-state index in [1.165, 1.54) is 154 Å². The Balaban J connectivity index is 3.39. The maximum Gasteiger partial charge on any atom is 0.369 e. The van der Waals surface area contributed by atoms with Gasteiger partial charge in [-0.05, 0) is 12.8 Å². The molecule has 1 atom stereocenters. The maximum atomic E-state index is 12.1. The third-order valence-corrected chi connectivity index (χ3v) is 9.10. The molecule has 0 amide bonds. The third kappa shape index (κ3) is 32.2. The second-order valence-corrected chi connectivity index (χ2v) is 13.5. The van der Waals surface area contributed by atoms with Gasteiger partial charge in [0.2, 0.25) is 0 Å². The Morgan fingerprint density at radius 2 is 0.732 bits per heavy atom. The molecule has 0 saturated heterocycles. The molecule has 0 aliphatic rings. The largest absolute Gasteiger partial charge is 0.369 e. The molecule has 0 aliphatic carbocycles. The molecule has 41 heavy (non-hydrogen) atoms. The summed E-state index contributed by atoms with van der Waals surface area (Å²) in [7, 11) is 0. The van der Waals surface area contributed by atoms with E-state index in [2.05, 4.69) is 29.8 Å². The second kappa shape index (κ2) is 33.9. The Hall–Kier alpha value is -0.580. The van der Waals surface area contributed by atoms with Crippen LogP contribution in [0.2, 0.25) is 0 Å². The lowest BCUT2D eigenvalue weighted by Crippen LogP contribution is -2.19. The van der Waals surface area contributed by atoms with Gasteiger partial charge in [-0.2, -0.15) is 0 Å². The van der Waals surface area contributed by atoms with E-state index in [1.807, 2.05) is 0 Å². The lowest BCUT2D eigenvalue weighted by atomic mass is 10.0. The summed E-state index contributed by atoms with van der Waals surface area (Å²) in [4.78, 5) is 33.1. The highest BCUT2D eigenvalue weighted by molar-refractivity contribution is 9.10. The molecule has 0 N–H and O–H groups in total. The van der Waals surface area contributed by atoms with Gasteiger partial charge in [0.15, 0.2) is 0 Å². The Morgan fingerprint density at radius 3 is 1.07 bits per heavy atom. The first kappa shape index (κ1) is 40.4. The van der Waals surface area contributed by atoms with Crippen molar-refractivity contribution < 1.29 is 19.4 Å². The van der Waals surface area contributed by atoms with Crippen LogP contribution in [0.5, 0.6) is 0 Å². The molecule has 0 aliphatic heterocycles. The Morgan fingerprint density at radius 1 is 0.439 bits per heavy atom. The van der Waals surface area contributed by atoms with Gasteiger partial charge in [-0.1, -0.05) is 210 Å². The summed E-state index contributed by atoms with van der Waals surface area (Å²) in [6.07, 6.45) is 38.8. The van der Waals surface area contributed by atoms with Gasteiger partial charge < -0.3 is 0 Å². The Bertz CT molecular complexity index is 554. The SMILES string of the molecule is CCCCCCCCCCCCCCCCCC(=O)OOC(=O)C(Br)CCCCCCCCCCCCCCCC. The lowest BCUT2D eigenvalue weighted by molar-refractivity contribution is -0.258. The Labute approximate surface area is 264 Å². The number of carbonyl (C=O) groups is 2. The molecule has 0 aromatic rings. The van der Waals surface area contributed by atoms with Crippen LogP contribution in [0.1, 0.15) is 213 Å². The normalized spacial score (nSPS) is 12.0. The van der Waals surface area contributed by atoms with Crippen LogP contribution in [0.25, 0.3) is 0 Å². The van der Waals surface area contributed by atoms with Crippen molar-refractivity contribution in [3.63, 3.8) is 0 Å². The van der Waals surface area contributed by atoms with Crippen molar-refractivity contribution >= 4 is 27.9 Å². The molecule has 0 radical (unpaired) electrons. The molecule has 0 heterocycles. The van der Waals surface area contributed by atoms with Gasteiger partial charge in [0.25, 0.3) is 0 Å². The van der Waals surface area contributed by atoms with Gasteiger partial charge in [-0.25, -0.2) is 19.4 Å². The highest BCUT2D eigenvalue weighted by Gasteiger charge is 2.19. The van der Waals surface area contributed by atoms with Crippen LogP contribution in [0.15, 0.2) is 0 Å². The van der Waals surface area contributed by atoms with E-state index in [4.69, 9.17) is 9.78 Å². The molecule has 0 bridgehead atoms. The highest BCUT2D eigenvalue weighted by atomic mass is 79.9. The van der Waals surface area contributed by atoms with Crippen LogP contribution in [0, 0.1) is 0 Å². The van der Waals surface area contributed by atoms with Crippen molar-refractivity contribution in [1.29, 1.82) is 0 Å². The fourth-order valence-electron chi connectivity index (χ4n) is 5.46. The fourth-order valence-corrected chi connectivity index (χ4v) is 5.86. The molecule has 0 fully saturated rings. The van der Waals surface area contributed by atoms with Crippen LogP contribution in [0.3, 0.4) is 0 Å². The van der Waals surface area contributed by atoms with Crippen LogP contribution in [0.4, 0.5) is 0 Å². The minimum absolute atomic E-state index is 0.317. The maximum absolute atomic E-state index is 12.1. The summed E-state index contributed by atoms with van der Waals surface area (Å²) in [6, 6.07) is 0. The highest BCUT2D eigenvalue weighted by Crippen LogP contribution is 2.17. The lowest BCUT2D eigenvalue weighted by Gasteiger charge is -2.08. The first-order valence-corrected chi connectivity index (χ1v) is 19.1. The molecule has 0 aromatic heterocycles. The molecular formula is C36H69BrO4. The quantitative estimate of drug-likeness (QED) is 0.0316. The van der Waals surface area contributed by atoms with Crippen molar-refractivity contribution in [1.82, 2.24) is 0 Å². The molecule has 4 nitrogen and oxygen atoms in total. The van der Waals surface area contributed by atoms with Crippen molar-refractivity contribution in [2.45, 2.75) is 218 Å². The number of hydrogen-bond acceptors (Lipinski definition) is 4. The standard InChI is InChI=1S/C36H69BrO4/c1-3-5-7-9-11-13-15-17-19-21-23-25-27-29-31-33-35(38)40-41-36(39)34(37)32-30-28-26-24-22-20-18-16-14-12-10-8-6-4-2/h34H,3-33H2,1-2H3. The van der Waals surface area contributed by atoms with E-state index in [-0.39, 0.29) is 0 Å². The van der Waals surface area contributed by atoms with Gasteiger partial charge in [0, 0.05) is 0 Å². The summed E-state index contributed by atoms with van der Waals surface area (Å²) in [5.74, 6) is -0.936. The molecular weight excluding hydrogens is 576 g/mol. The first-order valence-electron chi connectivity index (χ1n) is 18.2. The predicted molar refractivity (Wildman–Crippen MR) is 179 cm³/mol. The number of halogens is 1. The number of alkyl halides is 1. The van der Waals surface area contributed by atoms with Gasteiger partial charge in [0.1, 0.15) is 4.83 Å². The van der Waals surface area contributed by atoms with Crippen molar-refractivity contribution in [2.75, 3.05) is 0 Å². The zero-order valence-corrected chi connectivity index (χ0v) is 29.1. The summed E-state index contributed by atoms with van der Waals surface area (Å²) in [5.41, 5.74) is 0. The molecule has 5 heteroatoms. The average molecular weight is 646 g/mol. The predicted octanol–water partition coefficient (Wildman–Crippen LogP) is 12.9. The number of unbranched alkanes of at least 4 members (excludes halogenated alkanes) is 27. The van der Waals surface area contributed by atoms with Crippen molar-refractivity contribution in [3.8, 4) is 0 Å². The molecule has 0 rings (SSSR count). The molecule has 0 spiro atoms. The van der Waals surface area contributed by atoms with E-state index in [1.54, 1.807) is 0 Å². The first-order chi connectivity index (χ1) is 20.1. The average Bonchev–Trinajstić information content (AvgIpc) is 2.97. The monoisotopic (exact) mass is 644 g/mol. The van der Waals surface area contributed by atoms with Crippen LogP contribution < -0.4 is 0 Å². The van der Waals surface area contributed by atoms with E-state index in [0.29, 0.717) is 12.8 Å². The van der Waals surface area contributed by atoms with Crippen LogP contribution in [-0.2, 0) is 19.4 Å². The summed E-state index contributed by atoms with van der Waals surface area (Å²) < 4.78 is 0. The molecule has 0 saturated carbocycles. The van der Waals surface area contributed by atoms with Gasteiger partial charge in [0.05, 0.1) is 6.42 Å². The number of hydrogen-bond donors (Lipinski definition) is 0. The number of rotatable bonds is 32. The van der Waals surface area contributed by atoms with E-state index in [0.717, 1.165) is 32.1 Å². The van der Waals surface area contributed by atoms with Crippen LogP contribution in [-0.4, -0.2) is 16.8 Å². The minimum Gasteiger partial charge on any atom is -0.247 e. The Kier molecular flexibility index (Phi) is 33.4. The minimum atomic E-state index is -0.496. The van der Waals surface area contributed by atoms with Crippen molar-refractivity contribution in [3.05, 3.63) is 0 Å². The molecule has 1 unspecified atom stereocenters. The van der Waals surface area contributed by atoms with E-state index >= 15 is 0 Å². The zero-order chi connectivity index (χ0) is 30.1. The number of carbonyl (C=O) groups excluding carboxylic acids is 2. The van der Waals surface area contributed by atoms with Gasteiger partial charge in [-0.15, -0.1) is 0 Å². The topological polar surface area (TPSA) is 52.6 Å². The summed E-state index contributed by atoms with van der Waals surface area (Å²) in [5, 5.41) is 0. The van der Waals surface area contributed by atoms with E-state index in [9.17, 15) is 9.59 Å². The summed E-state index contributed by atoms with van der Waals surface area (Å²) >= 11 is 3.39. The van der Waals surface area contributed by atoms with Gasteiger partial charge in [-0.3, -0.25) is 0 Å². The second-order valence-electron chi connectivity index (χ2n) is 12.4. The molecule has 0 aromatic carbocycles. The van der Waals surface area contributed by atoms with E-state index < -0.39 is 16.8 Å². The third-order valence-electron chi connectivity index (χ3n) is 8.27. The van der Waals surface area contributed by atoms with Crippen LogP contribution >= 0.6 is 15.9 Å². The summed E-state index contributed by atoms with van der Waals surface area (Å²) in [6.45, 7) is 4.54. The van der Waals surface area contributed by atoms with Crippen molar-refractivity contribution in [2.24, 2.45) is 0 Å². The molecule has 244 valence electrons. The fraction of sp³-hybridized carbons (Fsp3) is 0.944. The smallest absolute Gasteiger partial charge is 0.247 e. The van der Waals surface area contributed by atoms with Gasteiger partial charge >= 0.3 is 11.9 Å².